The monoisotopic (exact) mass is 570 g/mol. The molecule has 0 saturated heterocycles. The summed E-state index contributed by atoms with van der Waals surface area (Å²) >= 11 is 0. The van der Waals surface area contributed by atoms with Crippen molar-refractivity contribution >= 4 is 9.84 Å². The van der Waals surface area contributed by atoms with Crippen LogP contribution in [0.15, 0.2) is 42.6 Å². The van der Waals surface area contributed by atoms with Crippen LogP contribution >= 0.6 is 0 Å². The van der Waals surface area contributed by atoms with E-state index in [0.717, 1.165) is 0 Å². The van der Waals surface area contributed by atoms with Gasteiger partial charge in [-0.2, -0.15) is 0 Å². The van der Waals surface area contributed by atoms with Gasteiger partial charge >= 0.3 is 0 Å². The zero-order valence-electron chi connectivity index (χ0n) is 22.9. The fraction of sp³-hybridized carbons (Fsp3) is 0.346. The van der Waals surface area contributed by atoms with E-state index in [1.807, 2.05) is 0 Å². The zero-order chi connectivity index (χ0) is 29.0. The van der Waals surface area contributed by atoms with Gasteiger partial charge in [-0.1, -0.05) is 12.1 Å². The molecule has 0 fully saturated rings. The highest BCUT2D eigenvalue weighted by Crippen LogP contribution is 2.37. The Morgan fingerprint density at radius 3 is 2.23 bits per heavy atom. The second-order valence-corrected chi connectivity index (χ2v) is 11.1. The van der Waals surface area contributed by atoms with Gasteiger partial charge in [0.05, 0.1) is 39.4 Å². The van der Waals surface area contributed by atoms with E-state index in [-0.39, 0.29) is 23.2 Å². The maximum Gasteiger partial charge on any atom is 0.238 e. The molecule has 0 aliphatic heterocycles. The predicted molar refractivity (Wildman–Crippen MR) is 145 cm³/mol. The summed E-state index contributed by atoms with van der Waals surface area (Å²) in [7, 11) is 1.75. The van der Waals surface area contributed by atoms with E-state index in [9.17, 15) is 13.5 Å². The first-order valence-corrected chi connectivity index (χ1v) is 13.8. The summed E-state index contributed by atoms with van der Waals surface area (Å²) < 4.78 is 50.6. The van der Waals surface area contributed by atoms with Crippen molar-refractivity contribution in [2.45, 2.75) is 31.0 Å². The Bertz CT molecular complexity index is 1590. The lowest BCUT2D eigenvalue weighted by atomic mass is 10.2. The molecule has 3 heterocycles. The van der Waals surface area contributed by atoms with Crippen molar-refractivity contribution in [3.05, 3.63) is 59.8 Å². The van der Waals surface area contributed by atoms with Crippen LogP contribution in [0.3, 0.4) is 0 Å². The number of ether oxygens (including phenoxy) is 4. The Kier molecular flexibility index (Phi) is 8.49. The summed E-state index contributed by atoms with van der Waals surface area (Å²) in [6.45, 7) is 3.09. The molecule has 0 radical (unpaired) electrons. The molecule has 0 unspecified atom stereocenters. The molecule has 0 saturated carbocycles. The third-order valence-electron chi connectivity index (χ3n) is 6.22. The number of aliphatic hydroxyl groups excluding tert-OH is 1. The summed E-state index contributed by atoms with van der Waals surface area (Å²) in [6, 6.07) is 10.2. The first kappa shape index (κ1) is 28.7. The fourth-order valence-corrected chi connectivity index (χ4v) is 5.39. The highest BCUT2D eigenvalue weighted by molar-refractivity contribution is 7.91. The minimum absolute atomic E-state index is 0.0123. The molecule has 40 heavy (non-hydrogen) atoms. The highest BCUT2D eigenvalue weighted by atomic mass is 32.2. The predicted octanol–water partition coefficient (Wildman–Crippen LogP) is 2.50. The second-order valence-electron chi connectivity index (χ2n) is 8.71. The molecular weight excluding hydrogens is 540 g/mol. The highest BCUT2D eigenvalue weighted by Gasteiger charge is 2.35. The van der Waals surface area contributed by atoms with Crippen molar-refractivity contribution in [1.29, 1.82) is 0 Å². The van der Waals surface area contributed by atoms with Crippen molar-refractivity contribution in [2.75, 3.05) is 28.4 Å². The summed E-state index contributed by atoms with van der Waals surface area (Å²) in [5.74, 6) is 0.824. The van der Waals surface area contributed by atoms with Crippen molar-refractivity contribution in [2.24, 2.45) is 0 Å². The van der Waals surface area contributed by atoms with Gasteiger partial charge in [-0.05, 0) is 32.0 Å². The molecule has 1 aromatic carbocycles. The molecule has 13 nitrogen and oxygen atoms in total. The summed E-state index contributed by atoms with van der Waals surface area (Å²) in [6.07, 6.45) is -0.0944. The van der Waals surface area contributed by atoms with Crippen LogP contribution in [0.2, 0.25) is 0 Å². The standard InChI is InChI=1S/C26H30N6O7S/c1-15-13-27-22(26(28-15)39-6)24(33)16(2)40(34,35)14-20-30-31-25(17-9-7-12-21(29-17)38-5)32(20)23-18(36-3)10-8-11-19(23)37-4/h7-13,16,24,33H,14H2,1-6H3/t16-,24+/m0/s1. The largest absolute Gasteiger partial charge is 0.494 e. The smallest absolute Gasteiger partial charge is 0.238 e. The van der Waals surface area contributed by atoms with E-state index < -0.39 is 26.9 Å². The maximum absolute atomic E-state index is 13.7. The molecule has 0 bridgehead atoms. The number of benzene rings is 1. The molecular formula is C26H30N6O7S. The lowest BCUT2D eigenvalue weighted by Gasteiger charge is -2.21. The van der Waals surface area contributed by atoms with Crippen molar-refractivity contribution in [3.8, 4) is 40.5 Å². The minimum atomic E-state index is -4.07. The lowest BCUT2D eigenvalue weighted by molar-refractivity contribution is 0.165. The SMILES string of the molecule is COc1cccc(-c2nnc(CS(=O)(=O)[C@@H](C)[C@@H](O)c3ncc(C)nc3OC)n2-c2c(OC)cccc2OC)n1. The summed E-state index contributed by atoms with van der Waals surface area (Å²) in [4.78, 5) is 12.8. The number of aryl methyl sites for hydroxylation is 1. The number of para-hydroxylation sites is 1. The average Bonchev–Trinajstić information content (AvgIpc) is 3.37. The van der Waals surface area contributed by atoms with Crippen molar-refractivity contribution < 1.29 is 32.5 Å². The van der Waals surface area contributed by atoms with Crippen molar-refractivity contribution in [3.63, 3.8) is 0 Å². The van der Waals surface area contributed by atoms with Gasteiger partial charge in [0.15, 0.2) is 21.5 Å². The molecule has 4 rings (SSSR count). The van der Waals surface area contributed by atoms with E-state index in [1.165, 1.54) is 46.1 Å². The number of hydrogen-bond donors (Lipinski definition) is 1. The number of rotatable bonds is 11. The molecule has 2 atom stereocenters. The van der Waals surface area contributed by atoms with Crippen LogP contribution in [0, 0.1) is 6.92 Å². The van der Waals surface area contributed by atoms with Crippen molar-refractivity contribution in [1.82, 2.24) is 29.7 Å². The molecule has 0 spiro atoms. The number of pyridine rings is 1. The fourth-order valence-electron chi connectivity index (χ4n) is 4.06. The number of hydrogen-bond acceptors (Lipinski definition) is 12. The Morgan fingerprint density at radius 1 is 0.925 bits per heavy atom. The van der Waals surface area contributed by atoms with E-state index in [0.29, 0.717) is 34.5 Å². The van der Waals surface area contributed by atoms with Gasteiger partial charge in [-0.15, -0.1) is 10.2 Å². The lowest BCUT2D eigenvalue weighted by Crippen LogP contribution is -2.29. The van der Waals surface area contributed by atoms with Gasteiger partial charge in [0.2, 0.25) is 11.8 Å². The molecule has 0 amide bonds. The Labute approximate surface area is 231 Å². The zero-order valence-corrected chi connectivity index (χ0v) is 23.7. The van der Waals surface area contributed by atoms with Gasteiger partial charge in [-0.3, -0.25) is 9.55 Å². The van der Waals surface area contributed by atoms with Crippen LogP contribution in [0.1, 0.15) is 30.2 Å². The molecule has 1 N–H and O–H groups in total. The van der Waals surface area contributed by atoms with E-state index in [4.69, 9.17) is 18.9 Å². The quantitative estimate of drug-likeness (QED) is 0.281. The molecule has 4 aromatic rings. The first-order chi connectivity index (χ1) is 19.1. The summed E-state index contributed by atoms with van der Waals surface area (Å²) in [5.41, 5.74) is 1.32. The Balaban J connectivity index is 1.84. The van der Waals surface area contributed by atoms with E-state index in [2.05, 4.69) is 25.1 Å². The number of methoxy groups -OCH3 is 4. The van der Waals surface area contributed by atoms with Gasteiger partial charge < -0.3 is 24.1 Å². The molecule has 3 aromatic heterocycles. The number of aromatic nitrogens is 6. The van der Waals surface area contributed by atoms with E-state index in [1.54, 1.807) is 43.3 Å². The number of nitrogens with zero attached hydrogens (tertiary/aromatic N) is 6. The topological polar surface area (TPSA) is 161 Å². The minimum Gasteiger partial charge on any atom is -0.494 e. The van der Waals surface area contributed by atoms with Gasteiger partial charge in [0, 0.05) is 12.3 Å². The van der Waals surface area contributed by atoms with Gasteiger partial charge in [0.25, 0.3) is 0 Å². The van der Waals surface area contributed by atoms with Crippen LogP contribution in [-0.4, -0.2) is 76.9 Å². The second kappa shape index (κ2) is 11.8. The Morgan fingerprint density at radius 2 is 1.60 bits per heavy atom. The average molecular weight is 571 g/mol. The van der Waals surface area contributed by atoms with Crippen LogP contribution < -0.4 is 18.9 Å². The van der Waals surface area contributed by atoms with E-state index >= 15 is 0 Å². The number of sulfone groups is 1. The number of aliphatic hydroxyl groups is 1. The maximum atomic E-state index is 13.7. The third kappa shape index (κ3) is 5.53. The third-order valence-corrected chi connectivity index (χ3v) is 8.27. The van der Waals surface area contributed by atoms with Crippen LogP contribution in [-0.2, 0) is 15.6 Å². The molecule has 0 aliphatic carbocycles. The normalized spacial score (nSPS) is 13.0. The van der Waals surface area contributed by atoms with Gasteiger partial charge in [0.1, 0.15) is 40.4 Å². The molecule has 14 heteroatoms. The van der Waals surface area contributed by atoms with Crippen LogP contribution in [0.5, 0.6) is 23.3 Å². The molecule has 0 aliphatic rings. The molecule has 212 valence electrons. The van der Waals surface area contributed by atoms with Gasteiger partial charge in [-0.25, -0.2) is 18.4 Å². The van der Waals surface area contributed by atoms with Crippen LogP contribution in [0.25, 0.3) is 17.2 Å². The Hall–Kier alpha value is -4.30. The summed E-state index contributed by atoms with van der Waals surface area (Å²) in [5, 5.41) is 18.2. The van der Waals surface area contributed by atoms with Crippen LogP contribution in [0.4, 0.5) is 0 Å². The first-order valence-electron chi connectivity index (χ1n) is 12.1.